The molecule has 0 spiro atoms. The number of nitrogens with one attached hydrogen (secondary N) is 1. The lowest BCUT2D eigenvalue weighted by atomic mass is 10.1. The number of benzene rings is 1. The summed E-state index contributed by atoms with van der Waals surface area (Å²) in [6.45, 7) is 1.31. The largest absolute Gasteiger partial charge is 0.394 e. The summed E-state index contributed by atoms with van der Waals surface area (Å²) in [5.41, 5.74) is -1.24. The maximum Gasteiger partial charge on any atom is 0.309 e. The number of rotatable bonds is 6. The van der Waals surface area contributed by atoms with Gasteiger partial charge in [-0.2, -0.15) is 4.39 Å². The molecule has 1 atom stereocenters. The molecule has 0 radical (unpaired) electrons. The monoisotopic (exact) mass is 322 g/mol. The van der Waals surface area contributed by atoms with Crippen LogP contribution in [-0.2, 0) is 10.0 Å². The smallest absolute Gasteiger partial charge is 0.309 e. The van der Waals surface area contributed by atoms with Gasteiger partial charge in [-0.05, 0) is 25.5 Å². The normalized spacial score (nSPS) is 13.2. The first-order valence-corrected chi connectivity index (χ1v) is 7.32. The summed E-state index contributed by atoms with van der Waals surface area (Å²) in [5.74, 6) is -1.12. The van der Waals surface area contributed by atoms with Crippen molar-refractivity contribution in [1.82, 2.24) is 4.72 Å². The number of halogens is 1. The molecule has 8 nitrogen and oxygen atoms in total. The second kappa shape index (κ2) is 6.43. The van der Waals surface area contributed by atoms with Crippen LogP contribution in [0.4, 0.5) is 10.1 Å². The van der Waals surface area contributed by atoms with Gasteiger partial charge in [0.2, 0.25) is 15.8 Å². The highest BCUT2D eigenvalue weighted by molar-refractivity contribution is 7.89. The van der Waals surface area contributed by atoms with Gasteiger partial charge in [-0.3, -0.25) is 10.1 Å². The van der Waals surface area contributed by atoms with Crippen molar-refractivity contribution in [1.29, 1.82) is 0 Å². The van der Waals surface area contributed by atoms with Crippen molar-refractivity contribution >= 4 is 15.7 Å². The topological polar surface area (TPSA) is 130 Å². The molecule has 1 unspecified atom stereocenters. The van der Waals surface area contributed by atoms with Gasteiger partial charge in [0.1, 0.15) is 0 Å². The van der Waals surface area contributed by atoms with Crippen LogP contribution in [-0.4, -0.2) is 42.8 Å². The molecule has 0 aromatic heterocycles. The van der Waals surface area contributed by atoms with Crippen LogP contribution in [0.1, 0.15) is 11.1 Å². The number of aryl methyl sites for hydroxylation is 1. The molecule has 0 fully saturated rings. The second-order valence-corrected chi connectivity index (χ2v) is 6.13. The predicted octanol–water partition coefficient (Wildman–Crippen LogP) is -0.0178. The number of aliphatic hydroxyl groups is 2. The number of sulfonamides is 1. The molecule has 21 heavy (non-hydrogen) atoms. The van der Waals surface area contributed by atoms with Gasteiger partial charge in [0.25, 0.3) is 0 Å². The molecule has 0 saturated heterocycles. The molecule has 118 valence electrons. The second-order valence-electron chi connectivity index (χ2n) is 4.42. The lowest BCUT2D eigenvalue weighted by Crippen LogP contribution is -2.34. The van der Waals surface area contributed by atoms with Crippen LogP contribution in [0.5, 0.6) is 0 Å². The maximum atomic E-state index is 13.6. The summed E-state index contributed by atoms with van der Waals surface area (Å²) in [5, 5.41) is 28.6. The van der Waals surface area contributed by atoms with Crippen molar-refractivity contribution in [3.05, 3.63) is 33.1 Å². The highest BCUT2D eigenvalue weighted by Crippen LogP contribution is 2.30. The van der Waals surface area contributed by atoms with Gasteiger partial charge < -0.3 is 10.2 Å². The molecule has 0 amide bonds. The summed E-state index contributed by atoms with van der Waals surface area (Å²) in [4.78, 5) is 9.41. The Hall–Kier alpha value is -1.62. The molecular formula is C11H15FN2O6S. The molecule has 1 rings (SSSR count). The molecule has 0 aliphatic rings. The third-order valence-corrected chi connectivity index (χ3v) is 4.51. The molecule has 1 aromatic rings. The maximum absolute atomic E-state index is 13.6. The standard InChI is InChI=1S/C11H15FN2O6S/c1-6-3-9(12)10(14(17)18)7(2)11(6)21(19,20)13-4-8(16)5-15/h3,8,13,15-16H,4-5H2,1-2H3. The molecular weight excluding hydrogens is 307 g/mol. The van der Waals surface area contributed by atoms with Crippen molar-refractivity contribution in [2.75, 3.05) is 13.2 Å². The van der Waals surface area contributed by atoms with Crippen LogP contribution in [0, 0.1) is 29.8 Å². The van der Waals surface area contributed by atoms with E-state index in [1.54, 1.807) is 0 Å². The minimum absolute atomic E-state index is 0.00147. The Balaban J connectivity index is 3.36. The van der Waals surface area contributed by atoms with Gasteiger partial charge in [0.15, 0.2) is 0 Å². The number of nitro groups is 1. The average molecular weight is 322 g/mol. The fourth-order valence-corrected chi connectivity index (χ4v) is 3.43. The molecule has 10 heteroatoms. The minimum atomic E-state index is -4.19. The van der Waals surface area contributed by atoms with E-state index in [2.05, 4.69) is 0 Å². The fourth-order valence-electron chi connectivity index (χ4n) is 1.89. The zero-order valence-electron chi connectivity index (χ0n) is 11.3. The van der Waals surface area contributed by atoms with E-state index in [1.165, 1.54) is 6.92 Å². The Labute approximate surface area is 120 Å². The van der Waals surface area contributed by atoms with Crippen molar-refractivity contribution in [2.24, 2.45) is 0 Å². The van der Waals surface area contributed by atoms with Crippen LogP contribution in [0.2, 0.25) is 0 Å². The lowest BCUT2D eigenvalue weighted by molar-refractivity contribution is -0.388. The van der Waals surface area contributed by atoms with Gasteiger partial charge in [0, 0.05) is 6.54 Å². The third kappa shape index (κ3) is 3.73. The SMILES string of the molecule is Cc1cc(F)c([N+](=O)[O-])c(C)c1S(=O)(=O)NCC(O)CO. The number of aliphatic hydroxyl groups excluding tert-OH is 2. The van der Waals surface area contributed by atoms with Crippen LogP contribution in [0.3, 0.4) is 0 Å². The Morgan fingerprint density at radius 1 is 1.48 bits per heavy atom. The van der Waals surface area contributed by atoms with Crippen molar-refractivity contribution in [3.63, 3.8) is 0 Å². The third-order valence-electron chi connectivity index (χ3n) is 2.79. The highest BCUT2D eigenvalue weighted by Gasteiger charge is 2.29. The van der Waals surface area contributed by atoms with Crippen LogP contribution in [0.15, 0.2) is 11.0 Å². The van der Waals surface area contributed by atoms with Gasteiger partial charge in [-0.25, -0.2) is 13.1 Å². The summed E-state index contributed by atoms with van der Waals surface area (Å²) >= 11 is 0. The predicted molar refractivity (Wildman–Crippen MR) is 70.8 cm³/mol. The van der Waals surface area contributed by atoms with E-state index >= 15 is 0 Å². The minimum Gasteiger partial charge on any atom is -0.394 e. The van der Waals surface area contributed by atoms with Gasteiger partial charge in [0.05, 0.1) is 28.1 Å². The van der Waals surface area contributed by atoms with Gasteiger partial charge >= 0.3 is 5.69 Å². The van der Waals surface area contributed by atoms with E-state index in [-0.39, 0.29) is 11.1 Å². The summed E-state index contributed by atoms with van der Waals surface area (Å²) in [6.07, 6.45) is -1.31. The van der Waals surface area contributed by atoms with E-state index in [0.717, 1.165) is 13.0 Å². The Bertz CT molecular complexity index is 661. The number of nitro benzene ring substituents is 1. The number of hydrogen-bond acceptors (Lipinski definition) is 6. The van der Waals surface area contributed by atoms with E-state index in [1.807, 2.05) is 4.72 Å². The molecule has 1 aromatic carbocycles. The van der Waals surface area contributed by atoms with Crippen LogP contribution in [0.25, 0.3) is 0 Å². The molecule has 0 aliphatic heterocycles. The summed E-state index contributed by atoms with van der Waals surface area (Å²) in [6, 6.07) is 0.766. The Morgan fingerprint density at radius 2 is 2.05 bits per heavy atom. The van der Waals surface area contributed by atoms with Crippen molar-refractivity contribution in [2.45, 2.75) is 24.8 Å². The van der Waals surface area contributed by atoms with Gasteiger partial charge in [-0.15, -0.1) is 0 Å². The Morgan fingerprint density at radius 3 is 2.52 bits per heavy atom. The quantitative estimate of drug-likeness (QED) is 0.498. The zero-order chi connectivity index (χ0) is 16.4. The highest BCUT2D eigenvalue weighted by atomic mass is 32.2. The summed E-state index contributed by atoms with van der Waals surface area (Å²) in [7, 11) is -4.19. The zero-order valence-corrected chi connectivity index (χ0v) is 12.1. The first kappa shape index (κ1) is 17.4. The average Bonchev–Trinajstić information content (AvgIpc) is 2.34. The van der Waals surface area contributed by atoms with Crippen LogP contribution < -0.4 is 4.72 Å². The van der Waals surface area contributed by atoms with E-state index in [0.29, 0.717) is 0 Å². The fraction of sp³-hybridized carbons (Fsp3) is 0.455. The molecule has 0 heterocycles. The van der Waals surface area contributed by atoms with Crippen LogP contribution >= 0.6 is 0 Å². The number of nitrogens with zero attached hydrogens (tertiary/aromatic N) is 1. The van der Waals surface area contributed by atoms with E-state index < -0.39 is 50.6 Å². The van der Waals surface area contributed by atoms with Crippen molar-refractivity contribution < 1.29 is 27.9 Å². The molecule has 0 aliphatic carbocycles. The summed E-state index contributed by atoms with van der Waals surface area (Å²) < 4.78 is 39.8. The molecule has 3 N–H and O–H groups in total. The lowest BCUT2D eigenvalue weighted by Gasteiger charge is -2.14. The van der Waals surface area contributed by atoms with Crippen molar-refractivity contribution in [3.8, 4) is 0 Å². The molecule has 0 saturated carbocycles. The number of hydrogen-bond donors (Lipinski definition) is 3. The van der Waals surface area contributed by atoms with Gasteiger partial charge in [-0.1, -0.05) is 0 Å². The van der Waals surface area contributed by atoms with E-state index in [4.69, 9.17) is 10.2 Å². The first-order valence-electron chi connectivity index (χ1n) is 5.84. The van der Waals surface area contributed by atoms with E-state index in [9.17, 15) is 22.9 Å². The first-order chi connectivity index (χ1) is 9.61. The Kier molecular flexibility index (Phi) is 5.34. The molecule has 0 bridgehead atoms.